The van der Waals surface area contributed by atoms with E-state index in [-0.39, 0.29) is 17.5 Å². The first-order valence-electron chi connectivity index (χ1n) is 10.9. The minimum Gasteiger partial charge on any atom is -0.467 e. The lowest BCUT2D eigenvalue weighted by Gasteiger charge is -2.23. The van der Waals surface area contributed by atoms with E-state index in [1.54, 1.807) is 11.6 Å². The lowest BCUT2D eigenvalue weighted by Crippen LogP contribution is -2.41. The number of hydrogen-bond donors (Lipinski definition) is 1. The molecule has 0 bridgehead atoms. The topological polar surface area (TPSA) is 84.6 Å². The zero-order chi connectivity index (χ0) is 24.3. The summed E-state index contributed by atoms with van der Waals surface area (Å²) in [4.78, 5) is 40.4. The fourth-order valence-corrected chi connectivity index (χ4v) is 4.14. The molecule has 2 heterocycles. The quantitative estimate of drug-likeness (QED) is 0.658. The summed E-state index contributed by atoms with van der Waals surface area (Å²) in [6, 6.07) is -0.0994. The first-order chi connectivity index (χ1) is 15.5. The summed E-state index contributed by atoms with van der Waals surface area (Å²) in [5.74, 6) is -2.15. The van der Waals surface area contributed by atoms with Gasteiger partial charge in [0, 0.05) is 32.0 Å². The fraction of sp³-hybridized carbons (Fsp3) is 0.522. The molecule has 10 heteroatoms. The molecule has 0 aromatic carbocycles. The van der Waals surface area contributed by atoms with Crippen LogP contribution in [0.3, 0.4) is 0 Å². The number of nitrogens with zero attached hydrogens (tertiary/aromatic N) is 2. The van der Waals surface area contributed by atoms with Crippen LogP contribution in [0.5, 0.6) is 0 Å². The van der Waals surface area contributed by atoms with Crippen LogP contribution < -0.4 is 10.7 Å². The number of amides is 2. The normalized spacial score (nSPS) is 15.6. The van der Waals surface area contributed by atoms with Crippen molar-refractivity contribution in [2.75, 3.05) is 13.6 Å². The Labute approximate surface area is 189 Å². The van der Waals surface area contributed by atoms with Gasteiger partial charge < -0.3 is 19.2 Å². The molecule has 1 atom stereocenters. The minimum atomic E-state index is -4.84. The Morgan fingerprint density at radius 1 is 1.21 bits per heavy atom. The standard InChI is InChI=1S/C23H28F3N3O4/c1-14(2)11-28(3)22(32)17-13-29(15-7-4-5-8-15)12-16(19(17)30)21(31)27-20(23(24,25)26)18-9-6-10-33-18/h6,9-10,12-15,20H,4-5,7-8,11H2,1-3H3,(H,27,31)/t20-/m0/s1. The van der Waals surface area contributed by atoms with Crippen LogP contribution in [0.15, 0.2) is 40.0 Å². The van der Waals surface area contributed by atoms with Crippen molar-refractivity contribution in [2.24, 2.45) is 5.92 Å². The average Bonchev–Trinajstić information content (AvgIpc) is 3.44. The van der Waals surface area contributed by atoms with Crippen molar-refractivity contribution in [2.45, 2.75) is 57.8 Å². The summed E-state index contributed by atoms with van der Waals surface area (Å²) >= 11 is 0. The Morgan fingerprint density at radius 3 is 2.39 bits per heavy atom. The first-order valence-corrected chi connectivity index (χ1v) is 10.9. The van der Waals surface area contributed by atoms with Crippen molar-refractivity contribution in [1.82, 2.24) is 14.8 Å². The lowest BCUT2D eigenvalue weighted by atomic mass is 10.1. The van der Waals surface area contributed by atoms with E-state index >= 15 is 0 Å². The number of halogens is 3. The molecule has 1 aliphatic rings. The van der Waals surface area contributed by atoms with Gasteiger partial charge in [-0.1, -0.05) is 26.7 Å². The SMILES string of the molecule is CC(C)CN(C)C(=O)c1cn(C2CCCC2)cc(C(=O)N[C@@H](c2ccco2)C(F)(F)F)c1=O. The zero-order valence-electron chi connectivity index (χ0n) is 18.8. The van der Waals surface area contributed by atoms with E-state index in [0.717, 1.165) is 38.0 Å². The molecule has 0 saturated heterocycles. The molecule has 33 heavy (non-hydrogen) atoms. The van der Waals surface area contributed by atoms with Gasteiger partial charge in [0.15, 0.2) is 6.04 Å². The number of carbonyl (C=O) groups excluding carboxylic acids is 2. The van der Waals surface area contributed by atoms with Gasteiger partial charge in [0.25, 0.3) is 11.8 Å². The van der Waals surface area contributed by atoms with Crippen molar-refractivity contribution < 1.29 is 27.2 Å². The molecule has 7 nitrogen and oxygen atoms in total. The number of carbonyl (C=O) groups is 2. The second-order valence-electron chi connectivity index (χ2n) is 8.84. The van der Waals surface area contributed by atoms with Crippen LogP contribution in [0.4, 0.5) is 13.2 Å². The van der Waals surface area contributed by atoms with Crippen molar-refractivity contribution in [3.63, 3.8) is 0 Å². The minimum absolute atomic E-state index is 0.0393. The smallest absolute Gasteiger partial charge is 0.415 e. The summed E-state index contributed by atoms with van der Waals surface area (Å²) < 4.78 is 47.3. The molecule has 180 valence electrons. The van der Waals surface area contributed by atoms with Crippen LogP contribution in [-0.4, -0.2) is 41.1 Å². The number of rotatable bonds is 7. The van der Waals surface area contributed by atoms with E-state index in [1.165, 1.54) is 23.4 Å². The van der Waals surface area contributed by atoms with Crippen LogP contribution in [0.1, 0.15) is 78.1 Å². The summed E-state index contributed by atoms with van der Waals surface area (Å²) in [5.41, 5.74) is -1.64. The Kier molecular flexibility index (Phi) is 7.34. The highest BCUT2D eigenvalue weighted by Crippen LogP contribution is 2.33. The molecule has 0 radical (unpaired) electrons. The molecule has 1 aliphatic carbocycles. The average molecular weight is 467 g/mol. The molecule has 2 aromatic heterocycles. The van der Waals surface area contributed by atoms with Crippen LogP contribution in [-0.2, 0) is 0 Å². The van der Waals surface area contributed by atoms with Gasteiger partial charge in [-0.25, -0.2) is 0 Å². The number of hydrogen-bond acceptors (Lipinski definition) is 4. The molecular weight excluding hydrogens is 439 g/mol. The van der Waals surface area contributed by atoms with Gasteiger partial charge in [-0.15, -0.1) is 0 Å². The third-order valence-corrected chi connectivity index (χ3v) is 5.68. The van der Waals surface area contributed by atoms with Crippen LogP contribution in [0, 0.1) is 5.92 Å². The van der Waals surface area contributed by atoms with Gasteiger partial charge in [0.1, 0.15) is 16.9 Å². The zero-order valence-corrected chi connectivity index (χ0v) is 18.8. The molecule has 2 aromatic rings. The highest BCUT2D eigenvalue weighted by molar-refractivity contribution is 5.99. The van der Waals surface area contributed by atoms with Gasteiger partial charge in [0.05, 0.1) is 6.26 Å². The summed E-state index contributed by atoms with van der Waals surface area (Å²) in [6.45, 7) is 4.21. The van der Waals surface area contributed by atoms with Gasteiger partial charge in [-0.2, -0.15) is 13.2 Å². The van der Waals surface area contributed by atoms with Crippen LogP contribution >= 0.6 is 0 Å². The van der Waals surface area contributed by atoms with E-state index in [2.05, 4.69) is 0 Å². The van der Waals surface area contributed by atoms with E-state index in [9.17, 15) is 27.6 Å². The van der Waals surface area contributed by atoms with Crippen molar-refractivity contribution in [3.8, 4) is 0 Å². The highest BCUT2D eigenvalue weighted by atomic mass is 19.4. The molecule has 3 rings (SSSR count). The number of pyridine rings is 1. The monoisotopic (exact) mass is 467 g/mol. The fourth-order valence-electron chi connectivity index (χ4n) is 4.14. The maximum atomic E-state index is 13.6. The summed E-state index contributed by atoms with van der Waals surface area (Å²) in [7, 11) is 1.55. The number of alkyl halides is 3. The van der Waals surface area contributed by atoms with Crippen LogP contribution in [0.25, 0.3) is 0 Å². The van der Waals surface area contributed by atoms with Gasteiger partial charge in [-0.05, 0) is 30.9 Å². The van der Waals surface area contributed by atoms with E-state index in [0.29, 0.717) is 6.54 Å². The maximum absolute atomic E-state index is 13.6. The maximum Gasteiger partial charge on any atom is 0.415 e. The lowest BCUT2D eigenvalue weighted by molar-refractivity contribution is -0.159. The van der Waals surface area contributed by atoms with E-state index in [4.69, 9.17) is 4.42 Å². The predicted octanol–water partition coefficient (Wildman–Crippen LogP) is 4.32. The number of furan rings is 1. The summed E-state index contributed by atoms with van der Waals surface area (Å²) in [6.07, 6.45) is 2.37. The van der Waals surface area contributed by atoms with Crippen molar-refractivity contribution >= 4 is 11.8 Å². The number of nitrogens with one attached hydrogen (secondary N) is 1. The van der Waals surface area contributed by atoms with Crippen LogP contribution in [0.2, 0.25) is 0 Å². The second-order valence-corrected chi connectivity index (χ2v) is 8.84. The highest BCUT2D eigenvalue weighted by Gasteiger charge is 2.44. The van der Waals surface area contributed by atoms with Gasteiger partial charge in [-0.3, -0.25) is 14.4 Å². The van der Waals surface area contributed by atoms with Gasteiger partial charge in [0.2, 0.25) is 5.43 Å². The van der Waals surface area contributed by atoms with Crippen molar-refractivity contribution in [1.29, 1.82) is 0 Å². The van der Waals surface area contributed by atoms with E-state index in [1.807, 2.05) is 19.2 Å². The Balaban J connectivity index is 2.02. The molecular formula is C23H28F3N3O4. The predicted molar refractivity (Wildman–Crippen MR) is 115 cm³/mol. The Morgan fingerprint density at radius 2 is 1.85 bits per heavy atom. The third-order valence-electron chi connectivity index (χ3n) is 5.68. The van der Waals surface area contributed by atoms with Crippen molar-refractivity contribution in [3.05, 3.63) is 57.9 Å². The Hall–Kier alpha value is -3.04. The molecule has 2 amide bonds. The molecule has 1 saturated carbocycles. The second kappa shape index (κ2) is 9.84. The Bertz CT molecular complexity index is 1040. The largest absolute Gasteiger partial charge is 0.467 e. The summed E-state index contributed by atoms with van der Waals surface area (Å²) in [5, 5.41) is 1.87. The van der Waals surface area contributed by atoms with Gasteiger partial charge >= 0.3 is 6.18 Å². The number of aromatic nitrogens is 1. The molecule has 1 N–H and O–H groups in total. The first kappa shape index (κ1) is 24.6. The molecule has 1 fully saturated rings. The third kappa shape index (κ3) is 5.66. The molecule has 0 aliphatic heterocycles. The molecule has 0 spiro atoms. The molecule has 0 unspecified atom stereocenters. The van der Waals surface area contributed by atoms with E-state index < -0.39 is 40.8 Å².